The van der Waals surface area contributed by atoms with Crippen molar-refractivity contribution in [1.29, 1.82) is 0 Å². The molecular weight excluding hydrogens is 344 g/mol. The molecule has 0 spiro atoms. The second-order valence-corrected chi connectivity index (χ2v) is 5.73. The van der Waals surface area contributed by atoms with Crippen LogP contribution in [0.25, 0.3) is 23.0 Å². The summed E-state index contributed by atoms with van der Waals surface area (Å²) in [6.45, 7) is 0. The van der Waals surface area contributed by atoms with Crippen LogP contribution in [0.3, 0.4) is 0 Å². The van der Waals surface area contributed by atoms with Crippen molar-refractivity contribution in [1.82, 2.24) is 15.0 Å². The Hall–Kier alpha value is -4.00. The third-order valence-corrected chi connectivity index (χ3v) is 3.86. The highest BCUT2D eigenvalue weighted by Gasteiger charge is 2.12. The van der Waals surface area contributed by atoms with Gasteiger partial charge in [0.1, 0.15) is 5.75 Å². The number of pyridine rings is 1. The minimum Gasteiger partial charge on any atom is -0.453 e. The van der Waals surface area contributed by atoms with Crippen molar-refractivity contribution >= 4 is 28.7 Å². The number of H-pyrrole nitrogens is 1. The van der Waals surface area contributed by atoms with Crippen molar-refractivity contribution in [2.24, 2.45) is 0 Å². The molecule has 4 aromatic rings. The average molecular weight is 358 g/mol. The van der Waals surface area contributed by atoms with Crippen molar-refractivity contribution in [2.45, 2.75) is 0 Å². The lowest BCUT2D eigenvalue weighted by Gasteiger charge is -2.08. The molecule has 0 aliphatic carbocycles. The van der Waals surface area contributed by atoms with E-state index in [1.54, 1.807) is 24.4 Å². The van der Waals surface area contributed by atoms with Crippen LogP contribution < -0.4 is 4.74 Å². The number of rotatable bonds is 5. The number of hydrogen-bond donors (Lipinski definition) is 1. The number of nitrogens with one attached hydrogen (secondary N) is 1. The van der Waals surface area contributed by atoms with Gasteiger partial charge in [0, 0.05) is 18.3 Å². The molecule has 2 aromatic heterocycles. The van der Waals surface area contributed by atoms with Gasteiger partial charge in [-0.25, -0.2) is 9.97 Å². The number of non-ortho nitro benzene ring substituents is 1. The van der Waals surface area contributed by atoms with Crippen molar-refractivity contribution in [2.75, 3.05) is 0 Å². The number of para-hydroxylation sites is 1. The molecular formula is C20H14N4O3. The van der Waals surface area contributed by atoms with Crippen molar-refractivity contribution < 1.29 is 9.66 Å². The second kappa shape index (κ2) is 7.09. The highest BCUT2D eigenvalue weighted by atomic mass is 16.6. The van der Waals surface area contributed by atoms with Crippen LogP contribution in [0.5, 0.6) is 5.75 Å². The predicted octanol–water partition coefficient (Wildman–Crippen LogP) is 4.44. The number of benzene rings is 2. The first kappa shape index (κ1) is 16.5. The van der Waals surface area contributed by atoms with Crippen LogP contribution >= 0.6 is 0 Å². The molecule has 1 N–H and O–H groups in total. The summed E-state index contributed by atoms with van der Waals surface area (Å²) in [6.07, 6.45) is 3.44. The Morgan fingerprint density at radius 2 is 1.81 bits per heavy atom. The summed E-state index contributed by atoms with van der Waals surface area (Å²) in [6, 6.07) is 19.2. The summed E-state index contributed by atoms with van der Waals surface area (Å²) in [4.78, 5) is 22.3. The molecule has 0 saturated heterocycles. The van der Waals surface area contributed by atoms with Crippen LogP contribution in [-0.2, 0) is 0 Å². The van der Waals surface area contributed by atoms with Crippen LogP contribution in [0.1, 0.15) is 11.4 Å². The monoisotopic (exact) mass is 358 g/mol. The highest BCUT2D eigenvalue weighted by molar-refractivity contribution is 5.80. The van der Waals surface area contributed by atoms with Gasteiger partial charge in [-0.05, 0) is 48.0 Å². The van der Waals surface area contributed by atoms with Crippen LogP contribution in [0.15, 0.2) is 72.9 Å². The summed E-state index contributed by atoms with van der Waals surface area (Å²) in [5, 5.41) is 10.8. The van der Waals surface area contributed by atoms with Gasteiger partial charge in [-0.3, -0.25) is 10.1 Å². The van der Waals surface area contributed by atoms with Crippen LogP contribution in [-0.4, -0.2) is 19.9 Å². The Morgan fingerprint density at radius 3 is 2.52 bits per heavy atom. The standard InChI is InChI=1S/C20H14N4O3/c25-24(26)15-10-8-14(9-11-15)13-18(27-16-5-2-1-3-6-16)20-22-17-7-4-12-21-19(17)23-20/h1-13H,(H,21,22,23). The molecule has 7 heteroatoms. The Bertz CT molecular complexity index is 1090. The second-order valence-electron chi connectivity index (χ2n) is 5.73. The Labute approximate surface area is 154 Å². The zero-order valence-corrected chi connectivity index (χ0v) is 14.1. The van der Waals surface area contributed by atoms with Gasteiger partial charge >= 0.3 is 0 Å². The minimum absolute atomic E-state index is 0.0330. The van der Waals surface area contributed by atoms with Gasteiger partial charge in [-0.2, -0.15) is 0 Å². The van der Waals surface area contributed by atoms with E-state index in [0.29, 0.717) is 23.0 Å². The molecule has 0 radical (unpaired) electrons. The predicted molar refractivity (Wildman–Crippen MR) is 102 cm³/mol. The number of hydrogen-bond acceptors (Lipinski definition) is 5. The van der Waals surface area contributed by atoms with Gasteiger partial charge in [-0.15, -0.1) is 0 Å². The largest absolute Gasteiger partial charge is 0.453 e. The number of aromatic amines is 1. The molecule has 132 valence electrons. The number of nitro groups is 1. The summed E-state index contributed by atoms with van der Waals surface area (Å²) in [5.74, 6) is 1.65. The van der Waals surface area contributed by atoms with E-state index in [4.69, 9.17) is 4.74 Å². The lowest BCUT2D eigenvalue weighted by molar-refractivity contribution is -0.384. The number of ether oxygens (including phenoxy) is 1. The van der Waals surface area contributed by atoms with E-state index >= 15 is 0 Å². The number of nitrogens with zero attached hydrogens (tertiary/aromatic N) is 3. The quantitative estimate of drug-likeness (QED) is 0.323. The van der Waals surface area contributed by atoms with E-state index in [9.17, 15) is 10.1 Å². The molecule has 0 fully saturated rings. The molecule has 0 amide bonds. The maximum absolute atomic E-state index is 10.8. The topological polar surface area (TPSA) is 93.9 Å². The zero-order valence-electron chi connectivity index (χ0n) is 14.1. The molecule has 27 heavy (non-hydrogen) atoms. The Kier molecular flexibility index (Phi) is 4.32. The van der Waals surface area contributed by atoms with Crippen molar-refractivity contribution in [3.8, 4) is 5.75 Å². The first-order chi connectivity index (χ1) is 13.2. The summed E-state index contributed by atoms with van der Waals surface area (Å²) in [5.41, 5.74) is 2.16. The maximum Gasteiger partial charge on any atom is 0.269 e. The van der Waals surface area contributed by atoms with E-state index in [2.05, 4.69) is 15.0 Å². The van der Waals surface area contributed by atoms with E-state index in [1.165, 1.54) is 12.1 Å². The number of imidazole rings is 1. The number of aromatic nitrogens is 3. The minimum atomic E-state index is -0.431. The lowest BCUT2D eigenvalue weighted by atomic mass is 10.2. The van der Waals surface area contributed by atoms with E-state index in [0.717, 1.165) is 11.1 Å². The van der Waals surface area contributed by atoms with Gasteiger partial charge in [0.05, 0.1) is 10.4 Å². The number of fused-ring (bicyclic) bond motifs is 1. The van der Waals surface area contributed by atoms with Crippen LogP contribution in [0, 0.1) is 10.1 Å². The fourth-order valence-electron chi connectivity index (χ4n) is 2.57. The van der Waals surface area contributed by atoms with Gasteiger partial charge < -0.3 is 9.72 Å². The van der Waals surface area contributed by atoms with E-state index < -0.39 is 4.92 Å². The van der Waals surface area contributed by atoms with Crippen LogP contribution in [0.2, 0.25) is 0 Å². The van der Waals surface area contributed by atoms with Gasteiger partial charge in [0.25, 0.3) is 5.69 Å². The molecule has 4 rings (SSSR count). The van der Waals surface area contributed by atoms with Gasteiger partial charge in [-0.1, -0.05) is 18.2 Å². The van der Waals surface area contributed by atoms with E-state index in [1.807, 2.05) is 42.5 Å². The zero-order chi connectivity index (χ0) is 18.6. The molecule has 7 nitrogen and oxygen atoms in total. The lowest BCUT2D eigenvalue weighted by Crippen LogP contribution is -1.97. The SMILES string of the molecule is O=[N+]([O-])c1ccc(C=C(Oc2ccccc2)c2nc3ncccc3[nH]2)cc1. The molecule has 0 bridgehead atoms. The van der Waals surface area contributed by atoms with Crippen LogP contribution in [0.4, 0.5) is 5.69 Å². The summed E-state index contributed by atoms with van der Waals surface area (Å²) < 4.78 is 6.02. The number of nitro benzene ring substituents is 1. The molecule has 0 unspecified atom stereocenters. The van der Waals surface area contributed by atoms with Gasteiger partial charge in [0.2, 0.25) is 0 Å². The Morgan fingerprint density at radius 1 is 1.04 bits per heavy atom. The molecule has 2 aromatic carbocycles. The maximum atomic E-state index is 10.8. The van der Waals surface area contributed by atoms with Crippen molar-refractivity contribution in [3.05, 3.63) is 94.4 Å². The smallest absolute Gasteiger partial charge is 0.269 e. The molecule has 0 aliphatic heterocycles. The third-order valence-electron chi connectivity index (χ3n) is 3.86. The normalized spacial score (nSPS) is 11.5. The fraction of sp³-hybridized carbons (Fsp3) is 0. The first-order valence-corrected chi connectivity index (χ1v) is 8.19. The van der Waals surface area contributed by atoms with Gasteiger partial charge in [0.15, 0.2) is 17.2 Å². The molecule has 2 heterocycles. The Balaban J connectivity index is 1.76. The third kappa shape index (κ3) is 3.67. The fourth-order valence-corrected chi connectivity index (χ4v) is 2.57. The molecule has 0 aliphatic rings. The highest BCUT2D eigenvalue weighted by Crippen LogP contribution is 2.24. The summed E-state index contributed by atoms with van der Waals surface area (Å²) in [7, 11) is 0. The molecule has 0 saturated carbocycles. The average Bonchev–Trinajstić information content (AvgIpc) is 3.13. The molecule has 0 atom stereocenters. The van der Waals surface area contributed by atoms with Crippen molar-refractivity contribution in [3.63, 3.8) is 0 Å². The summed E-state index contributed by atoms with van der Waals surface area (Å²) >= 11 is 0. The first-order valence-electron chi connectivity index (χ1n) is 8.19. The van der Waals surface area contributed by atoms with E-state index in [-0.39, 0.29) is 5.69 Å².